The van der Waals surface area contributed by atoms with Gasteiger partial charge in [0.05, 0.1) is 0 Å². The van der Waals surface area contributed by atoms with E-state index in [0.717, 1.165) is 0 Å². The Morgan fingerprint density at radius 3 is 2.23 bits per heavy atom. The maximum Gasteiger partial charge on any atom is 0.0247 e. The molecule has 1 heterocycles. The number of hydrogen-bond acceptors (Lipinski definition) is 2. The Kier molecular flexibility index (Phi) is 3.23. The molecule has 2 aliphatic rings. The number of nitrogens with zero attached hydrogens (tertiary/aromatic N) is 1. The molecule has 0 unspecified atom stereocenters. The Morgan fingerprint density at radius 2 is 1.54 bits per heavy atom. The van der Waals surface area contributed by atoms with Crippen LogP contribution in [0, 0.1) is 0 Å². The largest absolute Gasteiger partial charge is 0.326 e. The zero-order valence-electron chi connectivity index (χ0n) is 8.54. The van der Waals surface area contributed by atoms with Crippen molar-refractivity contribution >= 4 is 0 Å². The second kappa shape index (κ2) is 4.43. The van der Waals surface area contributed by atoms with E-state index in [2.05, 4.69) is 4.90 Å². The Balaban J connectivity index is 1.88. The predicted molar refractivity (Wildman–Crippen MR) is 55.7 cm³/mol. The lowest BCUT2D eigenvalue weighted by Gasteiger charge is -2.40. The molecular formula is C11H22N2. The smallest absolute Gasteiger partial charge is 0.0247 e. The van der Waals surface area contributed by atoms with E-state index < -0.39 is 0 Å². The molecule has 0 radical (unpaired) electrons. The van der Waals surface area contributed by atoms with E-state index in [1.807, 2.05) is 0 Å². The first-order chi connectivity index (χ1) is 6.38. The molecule has 0 aromatic rings. The maximum absolute atomic E-state index is 6.17. The lowest BCUT2D eigenvalue weighted by atomic mass is 9.89. The molecule has 76 valence electrons. The third-order valence-electron chi connectivity index (χ3n) is 3.64. The van der Waals surface area contributed by atoms with Gasteiger partial charge in [-0.1, -0.05) is 19.3 Å². The average Bonchev–Trinajstić information content (AvgIpc) is 2.20. The molecule has 1 aliphatic heterocycles. The first-order valence-corrected chi connectivity index (χ1v) is 5.87. The number of nitrogens with two attached hydrogens (primary N) is 1. The topological polar surface area (TPSA) is 29.3 Å². The second-order valence-corrected chi connectivity index (χ2v) is 4.61. The molecule has 2 rings (SSSR count). The van der Waals surface area contributed by atoms with Crippen molar-refractivity contribution in [2.24, 2.45) is 5.73 Å². The van der Waals surface area contributed by atoms with Crippen LogP contribution in [0.4, 0.5) is 0 Å². The highest BCUT2D eigenvalue weighted by molar-refractivity contribution is 4.86. The van der Waals surface area contributed by atoms with Crippen LogP contribution in [0.15, 0.2) is 0 Å². The fraction of sp³-hybridized carbons (Fsp3) is 1.00. The minimum atomic E-state index is 0.465. The second-order valence-electron chi connectivity index (χ2n) is 4.61. The van der Waals surface area contributed by atoms with E-state index in [0.29, 0.717) is 12.1 Å². The molecule has 2 heteroatoms. The monoisotopic (exact) mass is 182 g/mol. The molecule has 1 saturated carbocycles. The third-order valence-corrected chi connectivity index (χ3v) is 3.64. The van der Waals surface area contributed by atoms with Crippen LogP contribution in [-0.4, -0.2) is 30.1 Å². The minimum Gasteiger partial charge on any atom is -0.326 e. The van der Waals surface area contributed by atoms with Gasteiger partial charge >= 0.3 is 0 Å². The van der Waals surface area contributed by atoms with Gasteiger partial charge in [-0.2, -0.15) is 0 Å². The fourth-order valence-corrected chi connectivity index (χ4v) is 2.84. The van der Waals surface area contributed by atoms with E-state index >= 15 is 0 Å². The molecule has 2 atom stereocenters. The van der Waals surface area contributed by atoms with Gasteiger partial charge in [0.25, 0.3) is 0 Å². The van der Waals surface area contributed by atoms with Crippen LogP contribution in [0.5, 0.6) is 0 Å². The molecule has 13 heavy (non-hydrogen) atoms. The van der Waals surface area contributed by atoms with Gasteiger partial charge in [0, 0.05) is 12.1 Å². The number of likely N-dealkylation sites (tertiary alicyclic amines) is 1. The zero-order valence-corrected chi connectivity index (χ0v) is 8.54. The van der Waals surface area contributed by atoms with Crippen LogP contribution in [-0.2, 0) is 0 Å². The van der Waals surface area contributed by atoms with E-state index in [1.165, 1.54) is 58.0 Å². The minimum absolute atomic E-state index is 0.465. The lowest BCUT2D eigenvalue weighted by molar-refractivity contribution is 0.115. The Hall–Kier alpha value is -0.0800. The summed E-state index contributed by atoms with van der Waals surface area (Å²) in [6, 6.07) is 1.18. The van der Waals surface area contributed by atoms with E-state index in [-0.39, 0.29) is 0 Å². The molecule has 2 N–H and O–H groups in total. The first-order valence-electron chi connectivity index (χ1n) is 5.87. The van der Waals surface area contributed by atoms with Crippen molar-refractivity contribution < 1.29 is 0 Å². The van der Waals surface area contributed by atoms with Gasteiger partial charge in [0.1, 0.15) is 0 Å². The van der Waals surface area contributed by atoms with Gasteiger partial charge in [0.2, 0.25) is 0 Å². The highest BCUT2D eigenvalue weighted by Gasteiger charge is 2.27. The summed E-state index contributed by atoms with van der Waals surface area (Å²) in [5.41, 5.74) is 6.17. The van der Waals surface area contributed by atoms with Crippen LogP contribution in [0.1, 0.15) is 44.9 Å². The molecule has 1 aliphatic carbocycles. The van der Waals surface area contributed by atoms with Crippen LogP contribution >= 0.6 is 0 Å². The van der Waals surface area contributed by atoms with Gasteiger partial charge in [0.15, 0.2) is 0 Å². The van der Waals surface area contributed by atoms with Gasteiger partial charge in [-0.25, -0.2) is 0 Å². The summed E-state index contributed by atoms with van der Waals surface area (Å²) in [4.78, 5) is 2.65. The molecule has 1 saturated heterocycles. The summed E-state index contributed by atoms with van der Waals surface area (Å²) >= 11 is 0. The lowest BCUT2D eigenvalue weighted by Crippen LogP contribution is -2.51. The van der Waals surface area contributed by atoms with Gasteiger partial charge in [-0.15, -0.1) is 0 Å². The van der Waals surface area contributed by atoms with E-state index in [9.17, 15) is 0 Å². The summed E-state index contributed by atoms with van der Waals surface area (Å²) in [6.07, 6.45) is 9.56. The number of hydrogen-bond donors (Lipinski definition) is 1. The SMILES string of the molecule is N[C@H]1CCCC[C@H]1N1CCCCC1. The van der Waals surface area contributed by atoms with Gasteiger partial charge in [-0.3, -0.25) is 4.90 Å². The third kappa shape index (κ3) is 2.23. The van der Waals surface area contributed by atoms with Crippen molar-refractivity contribution in [1.82, 2.24) is 4.90 Å². The van der Waals surface area contributed by atoms with Crippen molar-refractivity contribution in [3.05, 3.63) is 0 Å². The normalized spacial score (nSPS) is 37.6. The van der Waals surface area contributed by atoms with Crippen molar-refractivity contribution in [2.75, 3.05) is 13.1 Å². The summed E-state index contributed by atoms with van der Waals surface area (Å²) < 4.78 is 0. The van der Waals surface area contributed by atoms with Crippen LogP contribution < -0.4 is 5.73 Å². The fourth-order valence-electron chi connectivity index (χ4n) is 2.84. The predicted octanol–water partition coefficient (Wildman–Crippen LogP) is 1.74. The van der Waals surface area contributed by atoms with Crippen molar-refractivity contribution in [1.29, 1.82) is 0 Å². The standard InChI is InChI=1S/C11H22N2/c12-10-6-2-3-7-11(10)13-8-4-1-5-9-13/h10-11H,1-9,12H2/t10-,11+/m0/s1. The molecule has 0 spiro atoms. The first kappa shape index (κ1) is 9.47. The van der Waals surface area contributed by atoms with E-state index in [4.69, 9.17) is 5.73 Å². The molecule has 0 aromatic carbocycles. The number of piperidine rings is 1. The van der Waals surface area contributed by atoms with E-state index in [1.54, 1.807) is 0 Å². The summed E-state index contributed by atoms with van der Waals surface area (Å²) in [5.74, 6) is 0. The molecule has 0 aromatic heterocycles. The summed E-state index contributed by atoms with van der Waals surface area (Å²) in [6.45, 7) is 2.61. The highest BCUT2D eigenvalue weighted by Crippen LogP contribution is 2.24. The average molecular weight is 182 g/mol. The highest BCUT2D eigenvalue weighted by atomic mass is 15.2. The maximum atomic E-state index is 6.17. The van der Waals surface area contributed by atoms with Gasteiger partial charge in [-0.05, 0) is 38.8 Å². The van der Waals surface area contributed by atoms with Crippen molar-refractivity contribution in [2.45, 2.75) is 57.0 Å². The molecule has 2 fully saturated rings. The summed E-state index contributed by atoms with van der Waals surface area (Å²) in [5, 5.41) is 0. The zero-order chi connectivity index (χ0) is 9.10. The number of rotatable bonds is 1. The van der Waals surface area contributed by atoms with Crippen molar-refractivity contribution in [3.8, 4) is 0 Å². The Bertz CT molecular complexity index is 152. The van der Waals surface area contributed by atoms with Crippen LogP contribution in [0.2, 0.25) is 0 Å². The summed E-state index contributed by atoms with van der Waals surface area (Å²) in [7, 11) is 0. The van der Waals surface area contributed by atoms with Crippen LogP contribution in [0.3, 0.4) is 0 Å². The Morgan fingerprint density at radius 1 is 0.846 bits per heavy atom. The molecule has 2 nitrogen and oxygen atoms in total. The molecule has 0 bridgehead atoms. The van der Waals surface area contributed by atoms with Crippen LogP contribution in [0.25, 0.3) is 0 Å². The quantitative estimate of drug-likeness (QED) is 0.669. The van der Waals surface area contributed by atoms with Gasteiger partial charge < -0.3 is 5.73 Å². The molecule has 0 amide bonds. The molecular weight excluding hydrogens is 160 g/mol. The van der Waals surface area contributed by atoms with Crippen molar-refractivity contribution in [3.63, 3.8) is 0 Å². The Labute approximate surface area is 81.5 Å².